The molecule has 1 fully saturated rings. The molecule has 35 heavy (non-hydrogen) atoms. The van der Waals surface area contributed by atoms with Gasteiger partial charge in [0.05, 0.1) is 28.5 Å². The number of Topliss-reactive ketones (excluding diaryl/α,β-unsaturated/α-hetero) is 1. The van der Waals surface area contributed by atoms with Crippen molar-refractivity contribution in [3.05, 3.63) is 76.2 Å². The van der Waals surface area contributed by atoms with Crippen LogP contribution in [0.1, 0.15) is 59.6 Å². The van der Waals surface area contributed by atoms with Crippen molar-refractivity contribution in [2.75, 3.05) is 5.73 Å². The average Bonchev–Trinajstić information content (AvgIpc) is 3.60. The number of H-pyrrole nitrogens is 1. The molecule has 0 saturated carbocycles. The minimum absolute atomic E-state index is 0.0632. The molecule has 2 aromatic heterocycles. The lowest BCUT2D eigenvalue weighted by molar-refractivity contribution is 0.103. The predicted octanol–water partition coefficient (Wildman–Crippen LogP) is 4.83. The standard InChI is InChI=1S/C28H30N6O/c1-16-4-5-17(2)33(16)15-19-6-7-20-11-22(12-21(20)10-19)27(35)24-14-30-34(28(24)29)23-8-9-25-26(13-23)32-18(3)31-25/h6-11,13-14,16-17H,4-5,12,15,29H2,1-3H3,(H,31,32). The van der Waals surface area contributed by atoms with Crippen LogP contribution < -0.4 is 5.73 Å². The van der Waals surface area contributed by atoms with Gasteiger partial charge in [0.2, 0.25) is 0 Å². The van der Waals surface area contributed by atoms with Gasteiger partial charge in [0.1, 0.15) is 11.6 Å². The number of aromatic nitrogens is 4. The summed E-state index contributed by atoms with van der Waals surface area (Å²) in [6.45, 7) is 7.50. The van der Waals surface area contributed by atoms with Gasteiger partial charge in [-0.05, 0) is 74.6 Å². The molecule has 2 aliphatic rings. The summed E-state index contributed by atoms with van der Waals surface area (Å²) in [4.78, 5) is 23.7. The van der Waals surface area contributed by atoms with E-state index in [2.05, 4.69) is 52.0 Å². The number of carbonyl (C=O) groups excluding carboxylic acids is 1. The van der Waals surface area contributed by atoms with Crippen molar-refractivity contribution in [2.24, 2.45) is 0 Å². The Hall–Kier alpha value is -3.71. The van der Waals surface area contributed by atoms with E-state index in [1.165, 1.54) is 24.0 Å². The molecular formula is C28H30N6O. The monoisotopic (exact) mass is 466 g/mol. The van der Waals surface area contributed by atoms with Crippen LogP contribution in [0.15, 0.2) is 48.2 Å². The summed E-state index contributed by atoms with van der Waals surface area (Å²) in [5.41, 5.74) is 13.8. The van der Waals surface area contributed by atoms with E-state index in [0.717, 1.165) is 40.2 Å². The van der Waals surface area contributed by atoms with Crippen molar-refractivity contribution in [3.8, 4) is 5.69 Å². The van der Waals surface area contributed by atoms with Crippen molar-refractivity contribution in [1.29, 1.82) is 0 Å². The van der Waals surface area contributed by atoms with Crippen LogP contribution >= 0.6 is 0 Å². The van der Waals surface area contributed by atoms with Crippen molar-refractivity contribution >= 4 is 28.7 Å². The molecule has 2 aromatic carbocycles. The number of imidazole rings is 1. The van der Waals surface area contributed by atoms with Gasteiger partial charge >= 0.3 is 0 Å². The number of likely N-dealkylation sites (tertiary alicyclic amines) is 1. The van der Waals surface area contributed by atoms with Crippen LogP contribution in [-0.2, 0) is 13.0 Å². The van der Waals surface area contributed by atoms with Crippen LogP contribution in [0.25, 0.3) is 22.8 Å². The Morgan fingerprint density at radius 1 is 1.14 bits per heavy atom. The summed E-state index contributed by atoms with van der Waals surface area (Å²) in [7, 11) is 0. The van der Waals surface area contributed by atoms with E-state index in [0.29, 0.717) is 29.9 Å². The van der Waals surface area contributed by atoms with E-state index in [1.54, 1.807) is 10.9 Å². The fraction of sp³-hybridized carbons (Fsp3) is 0.321. The van der Waals surface area contributed by atoms with Crippen molar-refractivity contribution in [3.63, 3.8) is 0 Å². The highest BCUT2D eigenvalue weighted by Gasteiger charge is 2.28. The molecule has 7 nitrogen and oxygen atoms in total. The van der Waals surface area contributed by atoms with Gasteiger partial charge in [-0.3, -0.25) is 9.69 Å². The molecule has 2 unspecified atom stereocenters. The van der Waals surface area contributed by atoms with Crippen LogP contribution in [0.3, 0.4) is 0 Å². The Morgan fingerprint density at radius 3 is 2.74 bits per heavy atom. The Morgan fingerprint density at radius 2 is 1.94 bits per heavy atom. The van der Waals surface area contributed by atoms with E-state index >= 15 is 0 Å². The third-order valence-electron chi connectivity index (χ3n) is 7.59. The molecule has 2 atom stereocenters. The number of allylic oxidation sites excluding steroid dienone is 1. The number of nitrogen functional groups attached to an aromatic ring is 1. The highest BCUT2D eigenvalue weighted by Crippen LogP contribution is 2.32. The van der Waals surface area contributed by atoms with E-state index in [9.17, 15) is 4.79 Å². The largest absolute Gasteiger partial charge is 0.383 e. The lowest BCUT2D eigenvalue weighted by Gasteiger charge is -2.26. The maximum atomic E-state index is 13.4. The Kier molecular flexibility index (Phi) is 5.11. The van der Waals surface area contributed by atoms with Crippen molar-refractivity contribution in [1.82, 2.24) is 24.6 Å². The third kappa shape index (κ3) is 3.76. The molecule has 3 heterocycles. The number of aryl methyl sites for hydroxylation is 1. The summed E-state index contributed by atoms with van der Waals surface area (Å²) >= 11 is 0. The van der Waals surface area contributed by atoms with Crippen LogP contribution in [0.5, 0.6) is 0 Å². The zero-order valence-corrected chi connectivity index (χ0v) is 20.4. The topological polar surface area (TPSA) is 92.8 Å². The zero-order chi connectivity index (χ0) is 24.3. The normalized spacial score (nSPS) is 19.9. The number of nitrogens with zero attached hydrogens (tertiary/aromatic N) is 4. The first-order valence-electron chi connectivity index (χ1n) is 12.3. The molecule has 0 spiro atoms. The molecule has 1 saturated heterocycles. The molecule has 0 amide bonds. The zero-order valence-electron chi connectivity index (χ0n) is 20.4. The molecular weight excluding hydrogens is 436 g/mol. The molecule has 3 N–H and O–H groups in total. The van der Waals surface area contributed by atoms with Crippen LogP contribution in [0.2, 0.25) is 0 Å². The highest BCUT2D eigenvalue weighted by molar-refractivity contribution is 6.15. The van der Waals surface area contributed by atoms with Gasteiger partial charge < -0.3 is 10.7 Å². The highest BCUT2D eigenvalue weighted by atomic mass is 16.1. The number of nitrogens with one attached hydrogen (secondary N) is 1. The Balaban J connectivity index is 1.22. The van der Waals surface area contributed by atoms with E-state index in [4.69, 9.17) is 5.73 Å². The third-order valence-corrected chi connectivity index (χ3v) is 7.59. The van der Waals surface area contributed by atoms with Gasteiger partial charge in [-0.2, -0.15) is 5.10 Å². The fourth-order valence-electron chi connectivity index (χ4n) is 5.58. The Labute approximate surface area is 204 Å². The minimum Gasteiger partial charge on any atom is -0.383 e. The smallest absolute Gasteiger partial charge is 0.194 e. The van der Waals surface area contributed by atoms with Crippen LogP contribution in [0.4, 0.5) is 5.82 Å². The van der Waals surface area contributed by atoms with Gasteiger partial charge in [-0.15, -0.1) is 0 Å². The predicted molar refractivity (Wildman–Crippen MR) is 139 cm³/mol. The Bertz CT molecular complexity index is 1480. The first-order valence-corrected chi connectivity index (χ1v) is 12.3. The first-order chi connectivity index (χ1) is 16.9. The number of anilines is 1. The maximum Gasteiger partial charge on any atom is 0.194 e. The molecule has 7 heteroatoms. The average molecular weight is 467 g/mol. The van der Waals surface area contributed by atoms with Gasteiger partial charge in [0.15, 0.2) is 5.78 Å². The number of hydrogen-bond donors (Lipinski definition) is 2. The second kappa shape index (κ2) is 8.20. The number of aromatic amines is 1. The molecule has 4 aromatic rings. The number of hydrogen-bond acceptors (Lipinski definition) is 5. The van der Waals surface area contributed by atoms with E-state index in [-0.39, 0.29) is 5.78 Å². The lowest BCUT2D eigenvalue weighted by atomic mass is 10.0. The number of benzene rings is 2. The van der Waals surface area contributed by atoms with Crippen molar-refractivity contribution in [2.45, 2.75) is 58.7 Å². The second-order valence-corrected chi connectivity index (χ2v) is 10.0. The quantitative estimate of drug-likeness (QED) is 0.411. The number of ketones is 1. The molecule has 0 bridgehead atoms. The van der Waals surface area contributed by atoms with Crippen molar-refractivity contribution < 1.29 is 4.79 Å². The van der Waals surface area contributed by atoms with Gasteiger partial charge in [0, 0.05) is 30.6 Å². The molecule has 0 radical (unpaired) electrons. The lowest BCUT2D eigenvalue weighted by Crippen LogP contribution is -2.32. The molecule has 178 valence electrons. The van der Waals surface area contributed by atoms with Gasteiger partial charge in [-0.1, -0.05) is 18.2 Å². The van der Waals surface area contributed by atoms with E-state index in [1.807, 2.05) is 31.2 Å². The summed E-state index contributed by atoms with van der Waals surface area (Å²) in [6.07, 6.45) is 6.72. The molecule has 1 aliphatic heterocycles. The summed E-state index contributed by atoms with van der Waals surface area (Å²) < 4.78 is 1.61. The fourth-order valence-corrected chi connectivity index (χ4v) is 5.58. The number of fused-ring (bicyclic) bond motifs is 2. The maximum absolute atomic E-state index is 13.4. The van der Waals surface area contributed by atoms with Crippen LogP contribution in [-0.4, -0.2) is 42.5 Å². The van der Waals surface area contributed by atoms with E-state index < -0.39 is 0 Å². The number of carbonyl (C=O) groups is 1. The number of nitrogens with two attached hydrogens (primary N) is 1. The summed E-state index contributed by atoms with van der Waals surface area (Å²) in [5, 5.41) is 4.43. The van der Waals surface area contributed by atoms with Gasteiger partial charge in [0.25, 0.3) is 0 Å². The SMILES string of the molecule is Cc1nc2ccc(-n3ncc(C(=O)C4=Cc5ccc(CN6C(C)CCC6C)cc5C4)c3N)cc2[nH]1. The van der Waals surface area contributed by atoms with Gasteiger partial charge in [-0.25, -0.2) is 9.67 Å². The number of rotatable bonds is 5. The summed E-state index contributed by atoms with van der Waals surface area (Å²) in [5.74, 6) is 1.13. The minimum atomic E-state index is -0.0632. The molecule has 1 aliphatic carbocycles. The molecule has 6 rings (SSSR count). The second-order valence-electron chi connectivity index (χ2n) is 10.0. The summed E-state index contributed by atoms with van der Waals surface area (Å²) in [6, 6.07) is 13.6. The van der Waals surface area contributed by atoms with Crippen LogP contribution in [0, 0.1) is 6.92 Å². The first kappa shape index (κ1) is 21.8.